The molecular weight excluding hydrogens is 414 g/mol. The molecule has 4 rings (SSSR count). The number of aromatic nitrogens is 6. The van der Waals surface area contributed by atoms with Crippen molar-refractivity contribution < 1.29 is 13.9 Å². The van der Waals surface area contributed by atoms with Crippen molar-refractivity contribution in [2.75, 3.05) is 0 Å². The highest BCUT2D eigenvalue weighted by Crippen LogP contribution is 2.30. The van der Waals surface area contributed by atoms with Crippen LogP contribution in [0.15, 0.2) is 61.3 Å². The molecule has 0 bridgehead atoms. The number of benzene rings is 2. The van der Waals surface area contributed by atoms with E-state index in [1.807, 2.05) is 18.2 Å². The van der Waals surface area contributed by atoms with Crippen LogP contribution in [0.2, 0.25) is 5.02 Å². The van der Waals surface area contributed by atoms with Crippen LogP contribution in [0.5, 0.6) is 0 Å². The Kier molecular flexibility index (Phi) is 5.56. The fourth-order valence-electron chi connectivity index (χ4n) is 3.28. The first-order valence-electron chi connectivity index (χ1n) is 9.06. The van der Waals surface area contributed by atoms with Crippen LogP contribution >= 0.6 is 11.6 Å². The van der Waals surface area contributed by atoms with Crippen molar-refractivity contribution in [2.45, 2.75) is 25.1 Å². The van der Waals surface area contributed by atoms with Gasteiger partial charge in [0.05, 0.1) is 18.8 Å². The van der Waals surface area contributed by atoms with Crippen LogP contribution in [0.4, 0.5) is 8.78 Å². The maximum absolute atomic E-state index is 14.5. The summed E-state index contributed by atoms with van der Waals surface area (Å²) >= 11 is 6.19. The average Bonchev–Trinajstić information content (AvgIpc) is 3.35. The second-order valence-corrected chi connectivity index (χ2v) is 7.33. The van der Waals surface area contributed by atoms with E-state index in [0.29, 0.717) is 17.3 Å². The summed E-state index contributed by atoms with van der Waals surface area (Å²) in [7, 11) is 0. The van der Waals surface area contributed by atoms with E-state index in [2.05, 4.69) is 20.4 Å². The molecule has 0 aliphatic rings. The van der Waals surface area contributed by atoms with Gasteiger partial charge >= 0.3 is 0 Å². The zero-order chi connectivity index (χ0) is 21.1. The Balaban J connectivity index is 1.62. The monoisotopic (exact) mass is 430 g/mol. The van der Waals surface area contributed by atoms with Crippen LogP contribution in [0.25, 0.3) is 0 Å². The first kappa shape index (κ1) is 20.1. The maximum Gasteiger partial charge on any atom is 0.137 e. The fraction of sp³-hybridized carbons (Fsp3) is 0.200. The van der Waals surface area contributed by atoms with Gasteiger partial charge in [0.25, 0.3) is 0 Å². The van der Waals surface area contributed by atoms with Gasteiger partial charge in [-0.05, 0) is 17.7 Å². The Morgan fingerprint density at radius 3 is 2.67 bits per heavy atom. The summed E-state index contributed by atoms with van der Waals surface area (Å²) in [6.45, 7) is 0.284. The molecule has 1 unspecified atom stereocenters. The minimum Gasteiger partial charge on any atom is -0.383 e. The second-order valence-electron chi connectivity index (χ2n) is 6.92. The standard InChI is InChI=1S/C20H17ClF2N6O/c21-18-4-2-1-3-14(18)9-28-10-16(26-27-28)8-20(30,11-29-13-24-12-25-29)17-6-5-15(22)7-19(17)23/h1-7,10,12-13,30H,8-9,11H2. The number of halogens is 3. The molecule has 0 radical (unpaired) electrons. The van der Waals surface area contributed by atoms with E-state index in [-0.39, 0.29) is 18.5 Å². The molecule has 0 fully saturated rings. The third-order valence-electron chi connectivity index (χ3n) is 4.67. The van der Waals surface area contributed by atoms with Gasteiger partial charge in [-0.15, -0.1) is 5.10 Å². The molecule has 0 amide bonds. The zero-order valence-electron chi connectivity index (χ0n) is 15.7. The third kappa shape index (κ3) is 4.37. The van der Waals surface area contributed by atoms with E-state index < -0.39 is 17.2 Å². The molecule has 0 saturated carbocycles. The van der Waals surface area contributed by atoms with Crippen molar-refractivity contribution in [1.29, 1.82) is 0 Å². The Bertz CT molecular complexity index is 1150. The minimum atomic E-state index is -1.75. The van der Waals surface area contributed by atoms with Crippen molar-refractivity contribution in [3.8, 4) is 0 Å². The first-order valence-corrected chi connectivity index (χ1v) is 9.43. The third-order valence-corrected chi connectivity index (χ3v) is 5.04. The van der Waals surface area contributed by atoms with Crippen molar-refractivity contribution in [2.24, 2.45) is 0 Å². The summed E-state index contributed by atoms with van der Waals surface area (Å²) in [6, 6.07) is 10.4. The molecule has 30 heavy (non-hydrogen) atoms. The number of rotatable bonds is 7. The second kappa shape index (κ2) is 8.29. The molecule has 0 spiro atoms. The summed E-state index contributed by atoms with van der Waals surface area (Å²) in [6.07, 6.45) is 4.29. The SMILES string of the molecule is OC(Cc1cn(Cc2ccccc2Cl)nn1)(Cn1cncn1)c1ccc(F)cc1F. The van der Waals surface area contributed by atoms with Gasteiger partial charge in [0.15, 0.2) is 0 Å². The van der Waals surface area contributed by atoms with Crippen LogP contribution in [0, 0.1) is 11.6 Å². The van der Waals surface area contributed by atoms with Gasteiger partial charge in [0.2, 0.25) is 0 Å². The molecule has 1 atom stereocenters. The maximum atomic E-state index is 14.5. The summed E-state index contributed by atoms with van der Waals surface area (Å²) < 4.78 is 30.9. The van der Waals surface area contributed by atoms with Gasteiger partial charge in [-0.1, -0.05) is 41.1 Å². The van der Waals surface area contributed by atoms with E-state index >= 15 is 0 Å². The van der Waals surface area contributed by atoms with Gasteiger partial charge in [-0.3, -0.25) is 0 Å². The molecule has 2 aromatic carbocycles. The van der Waals surface area contributed by atoms with Gasteiger partial charge in [-0.25, -0.2) is 23.1 Å². The van der Waals surface area contributed by atoms with Crippen LogP contribution in [-0.4, -0.2) is 34.9 Å². The highest BCUT2D eigenvalue weighted by atomic mass is 35.5. The van der Waals surface area contributed by atoms with E-state index in [9.17, 15) is 13.9 Å². The summed E-state index contributed by atoms with van der Waals surface area (Å²) in [5, 5.41) is 24.1. The van der Waals surface area contributed by atoms with E-state index in [0.717, 1.165) is 17.7 Å². The Morgan fingerprint density at radius 1 is 1.10 bits per heavy atom. The molecule has 2 aromatic heterocycles. The van der Waals surface area contributed by atoms with Crippen LogP contribution in [0.1, 0.15) is 16.8 Å². The number of aliphatic hydroxyl groups is 1. The van der Waals surface area contributed by atoms with Gasteiger partial charge in [0, 0.05) is 29.3 Å². The molecule has 4 aromatic rings. The molecule has 10 heteroatoms. The molecular formula is C20H17ClF2N6O. The highest BCUT2D eigenvalue weighted by molar-refractivity contribution is 6.31. The predicted octanol–water partition coefficient (Wildman–Crippen LogP) is 2.98. The Labute approximate surface area is 175 Å². The lowest BCUT2D eigenvalue weighted by Crippen LogP contribution is -2.35. The highest BCUT2D eigenvalue weighted by Gasteiger charge is 2.35. The largest absolute Gasteiger partial charge is 0.383 e. The molecule has 7 nitrogen and oxygen atoms in total. The minimum absolute atomic E-state index is 0.0694. The van der Waals surface area contributed by atoms with E-state index in [4.69, 9.17) is 11.6 Å². The molecule has 154 valence electrons. The lowest BCUT2D eigenvalue weighted by Gasteiger charge is -2.28. The lowest BCUT2D eigenvalue weighted by molar-refractivity contribution is 0.0107. The molecule has 1 N–H and O–H groups in total. The normalized spacial score (nSPS) is 13.3. The Morgan fingerprint density at radius 2 is 1.93 bits per heavy atom. The van der Waals surface area contributed by atoms with Crippen molar-refractivity contribution in [1.82, 2.24) is 29.8 Å². The van der Waals surface area contributed by atoms with Crippen LogP contribution in [-0.2, 0) is 25.1 Å². The van der Waals surface area contributed by atoms with E-state index in [1.165, 1.54) is 23.4 Å². The topological polar surface area (TPSA) is 81.6 Å². The smallest absolute Gasteiger partial charge is 0.137 e. The van der Waals surface area contributed by atoms with Gasteiger partial charge in [-0.2, -0.15) is 5.10 Å². The van der Waals surface area contributed by atoms with E-state index in [1.54, 1.807) is 16.9 Å². The average molecular weight is 431 g/mol. The molecule has 2 heterocycles. The van der Waals surface area contributed by atoms with Crippen molar-refractivity contribution >= 4 is 11.6 Å². The molecule has 0 aliphatic heterocycles. The fourth-order valence-corrected chi connectivity index (χ4v) is 3.48. The summed E-state index contributed by atoms with van der Waals surface area (Å²) in [5.41, 5.74) is -0.539. The summed E-state index contributed by atoms with van der Waals surface area (Å²) in [5.74, 6) is -1.59. The van der Waals surface area contributed by atoms with Crippen molar-refractivity contribution in [3.63, 3.8) is 0 Å². The summed E-state index contributed by atoms with van der Waals surface area (Å²) in [4.78, 5) is 3.85. The first-order chi connectivity index (χ1) is 14.4. The quantitative estimate of drug-likeness (QED) is 0.487. The lowest BCUT2D eigenvalue weighted by atomic mass is 9.88. The predicted molar refractivity (Wildman–Crippen MR) is 105 cm³/mol. The number of hydrogen-bond donors (Lipinski definition) is 1. The zero-order valence-corrected chi connectivity index (χ0v) is 16.4. The molecule has 0 aliphatic carbocycles. The number of hydrogen-bond acceptors (Lipinski definition) is 5. The molecule has 0 saturated heterocycles. The Hall–Kier alpha value is -3.17. The van der Waals surface area contributed by atoms with Gasteiger partial charge < -0.3 is 5.11 Å². The van der Waals surface area contributed by atoms with Crippen LogP contribution < -0.4 is 0 Å². The van der Waals surface area contributed by atoms with Crippen molar-refractivity contribution in [3.05, 3.63) is 94.8 Å². The number of nitrogens with zero attached hydrogens (tertiary/aromatic N) is 6. The van der Waals surface area contributed by atoms with Crippen LogP contribution in [0.3, 0.4) is 0 Å². The van der Waals surface area contributed by atoms with Gasteiger partial charge in [0.1, 0.15) is 29.9 Å².